The molecule has 0 spiro atoms. The van der Waals surface area contributed by atoms with Crippen LogP contribution >= 0.6 is 11.3 Å². The molecule has 3 aromatic rings. The summed E-state index contributed by atoms with van der Waals surface area (Å²) in [6.45, 7) is 8.69. The van der Waals surface area contributed by atoms with Gasteiger partial charge in [-0.2, -0.15) is 0 Å². The van der Waals surface area contributed by atoms with Crippen LogP contribution in [-0.4, -0.2) is 16.1 Å². The molecule has 3 rings (SSSR count). The number of carboxylic acids is 1. The van der Waals surface area contributed by atoms with E-state index in [2.05, 4.69) is 37.9 Å². The fraction of sp³-hybridized carbons (Fsp3) is 0.273. The number of aromatic carboxylic acids is 1. The number of aromatic nitrogens is 1. The van der Waals surface area contributed by atoms with E-state index in [4.69, 9.17) is 9.84 Å². The Labute approximate surface area is 163 Å². The minimum absolute atomic E-state index is 0.289. The highest BCUT2D eigenvalue weighted by Crippen LogP contribution is 2.28. The van der Waals surface area contributed by atoms with Gasteiger partial charge >= 0.3 is 5.97 Å². The first-order valence-electron chi connectivity index (χ1n) is 8.88. The summed E-state index contributed by atoms with van der Waals surface area (Å²) in [5.74, 6) is 0.436. The van der Waals surface area contributed by atoms with Crippen LogP contribution in [0.15, 0.2) is 42.5 Å². The topological polar surface area (TPSA) is 59.4 Å². The van der Waals surface area contributed by atoms with Crippen LogP contribution in [0.1, 0.15) is 51.8 Å². The number of rotatable bonds is 6. The van der Waals surface area contributed by atoms with E-state index in [9.17, 15) is 4.79 Å². The maximum atomic E-state index is 11.2. The third-order valence-corrected chi connectivity index (χ3v) is 5.65. The summed E-state index contributed by atoms with van der Waals surface area (Å²) in [6.07, 6.45) is 0. The Balaban J connectivity index is 1.68. The lowest BCUT2D eigenvalue weighted by atomic mass is 9.98. The van der Waals surface area contributed by atoms with Crippen molar-refractivity contribution in [1.82, 2.24) is 4.98 Å². The first-order chi connectivity index (χ1) is 12.8. The lowest BCUT2D eigenvalue weighted by Gasteiger charge is -2.12. The van der Waals surface area contributed by atoms with Crippen molar-refractivity contribution in [2.24, 2.45) is 0 Å². The number of carbonyl (C=O) groups is 1. The molecule has 0 saturated heterocycles. The molecule has 5 heteroatoms. The summed E-state index contributed by atoms with van der Waals surface area (Å²) in [5.41, 5.74) is 5.10. The largest absolute Gasteiger partial charge is 0.489 e. The molecule has 2 aromatic carbocycles. The van der Waals surface area contributed by atoms with Gasteiger partial charge in [0, 0.05) is 5.56 Å². The Morgan fingerprint density at radius 3 is 2.41 bits per heavy atom. The fourth-order valence-electron chi connectivity index (χ4n) is 3.01. The molecule has 1 heterocycles. The van der Waals surface area contributed by atoms with Crippen LogP contribution in [0, 0.1) is 13.8 Å². The molecular weight excluding hydrogens is 358 g/mol. The van der Waals surface area contributed by atoms with Crippen molar-refractivity contribution in [3.05, 3.63) is 69.7 Å². The minimum atomic E-state index is -0.931. The zero-order valence-corrected chi connectivity index (χ0v) is 16.8. The lowest BCUT2D eigenvalue weighted by Crippen LogP contribution is -1.97. The van der Waals surface area contributed by atoms with E-state index in [1.807, 2.05) is 30.3 Å². The number of carboxylic acid groups (broad SMARTS) is 1. The van der Waals surface area contributed by atoms with Crippen molar-refractivity contribution >= 4 is 17.3 Å². The van der Waals surface area contributed by atoms with Crippen molar-refractivity contribution in [3.8, 4) is 16.3 Å². The van der Waals surface area contributed by atoms with Crippen molar-refractivity contribution in [3.63, 3.8) is 0 Å². The smallest absolute Gasteiger partial charge is 0.347 e. The first-order valence-corrected chi connectivity index (χ1v) is 9.70. The summed E-state index contributed by atoms with van der Waals surface area (Å²) >= 11 is 1.20. The van der Waals surface area contributed by atoms with Crippen LogP contribution in [0.3, 0.4) is 0 Å². The molecule has 0 bridgehead atoms. The highest BCUT2D eigenvalue weighted by atomic mass is 32.1. The molecule has 27 heavy (non-hydrogen) atoms. The van der Waals surface area contributed by atoms with Gasteiger partial charge in [-0.25, -0.2) is 9.78 Å². The molecule has 0 fully saturated rings. The van der Waals surface area contributed by atoms with Gasteiger partial charge in [0.05, 0.1) is 5.69 Å². The quantitative estimate of drug-likeness (QED) is 0.584. The molecule has 4 nitrogen and oxygen atoms in total. The van der Waals surface area contributed by atoms with E-state index in [0.717, 1.165) is 21.9 Å². The number of hydrogen-bond donors (Lipinski definition) is 1. The van der Waals surface area contributed by atoms with E-state index < -0.39 is 5.97 Å². The van der Waals surface area contributed by atoms with Crippen LogP contribution in [-0.2, 0) is 6.61 Å². The second-order valence-electron chi connectivity index (χ2n) is 6.90. The predicted molar refractivity (Wildman–Crippen MR) is 109 cm³/mol. The molecule has 0 amide bonds. The molecule has 0 aliphatic carbocycles. The number of hydrogen-bond acceptors (Lipinski definition) is 4. The minimum Gasteiger partial charge on any atom is -0.489 e. The van der Waals surface area contributed by atoms with E-state index in [1.165, 1.54) is 22.5 Å². The zero-order valence-electron chi connectivity index (χ0n) is 15.9. The maximum Gasteiger partial charge on any atom is 0.347 e. The molecule has 0 aliphatic heterocycles. The summed E-state index contributed by atoms with van der Waals surface area (Å²) in [4.78, 5) is 15.8. The Bertz CT molecular complexity index is 958. The Morgan fingerprint density at radius 2 is 1.85 bits per heavy atom. The average Bonchev–Trinajstić information content (AvgIpc) is 3.02. The number of benzene rings is 2. The van der Waals surface area contributed by atoms with E-state index in [-0.39, 0.29) is 4.88 Å². The van der Waals surface area contributed by atoms with Crippen LogP contribution in [0.2, 0.25) is 0 Å². The Morgan fingerprint density at radius 1 is 1.15 bits per heavy atom. The molecule has 0 atom stereocenters. The fourth-order valence-corrected chi connectivity index (χ4v) is 3.92. The molecule has 0 aliphatic rings. The van der Waals surface area contributed by atoms with Crippen molar-refractivity contribution in [2.45, 2.75) is 40.2 Å². The van der Waals surface area contributed by atoms with Crippen LogP contribution in [0.5, 0.6) is 5.75 Å². The van der Waals surface area contributed by atoms with Gasteiger partial charge in [-0.15, -0.1) is 11.3 Å². The maximum absolute atomic E-state index is 11.2. The van der Waals surface area contributed by atoms with Gasteiger partial charge in [0.15, 0.2) is 0 Å². The highest BCUT2D eigenvalue weighted by Gasteiger charge is 2.15. The van der Waals surface area contributed by atoms with Crippen LogP contribution in [0.4, 0.5) is 0 Å². The van der Waals surface area contributed by atoms with E-state index in [1.54, 1.807) is 6.92 Å². The van der Waals surface area contributed by atoms with Gasteiger partial charge in [0.25, 0.3) is 0 Å². The summed E-state index contributed by atoms with van der Waals surface area (Å²) < 4.78 is 5.92. The number of thiazole rings is 1. The second-order valence-corrected chi connectivity index (χ2v) is 7.90. The van der Waals surface area contributed by atoms with E-state index >= 15 is 0 Å². The average molecular weight is 381 g/mol. The molecule has 140 valence electrons. The van der Waals surface area contributed by atoms with Crippen molar-refractivity contribution in [1.29, 1.82) is 0 Å². The molecule has 0 unspecified atom stereocenters. The Hall–Kier alpha value is -2.66. The lowest BCUT2D eigenvalue weighted by molar-refractivity contribution is 0.0701. The van der Waals surface area contributed by atoms with Crippen LogP contribution < -0.4 is 4.74 Å². The molecular formula is C22H23NO3S. The highest BCUT2D eigenvalue weighted by molar-refractivity contribution is 7.17. The Kier molecular flexibility index (Phi) is 5.61. The molecule has 0 radical (unpaired) electrons. The molecule has 1 N–H and O–H groups in total. The molecule has 0 saturated carbocycles. The van der Waals surface area contributed by atoms with Gasteiger partial charge in [-0.1, -0.05) is 44.2 Å². The predicted octanol–water partition coefficient (Wildman–Crippen LogP) is 5.83. The first kappa shape index (κ1) is 19.1. The molecule has 1 aromatic heterocycles. The van der Waals surface area contributed by atoms with Gasteiger partial charge in [-0.3, -0.25) is 0 Å². The zero-order chi connectivity index (χ0) is 19.6. The second kappa shape index (κ2) is 7.92. The standard InChI is InChI=1S/C22H23NO3S/c1-13(2)19-10-9-18(11-14(19)3)26-12-16-5-7-17(8-6-16)21-23-15(4)20(27-21)22(24)25/h5-11,13H,12H2,1-4H3,(H,24,25). The van der Waals surface area contributed by atoms with Gasteiger partial charge < -0.3 is 9.84 Å². The van der Waals surface area contributed by atoms with Gasteiger partial charge in [0.2, 0.25) is 0 Å². The van der Waals surface area contributed by atoms with Gasteiger partial charge in [-0.05, 0) is 48.6 Å². The summed E-state index contributed by atoms with van der Waals surface area (Å²) in [5, 5.41) is 9.89. The van der Waals surface area contributed by atoms with Crippen molar-refractivity contribution in [2.75, 3.05) is 0 Å². The van der Waals surface area contributed by atoms with E-state index in [0.29, 0.717) is 18.2 Å². The summed E-state index contributed by atoms with van der Waals surface area (Å²) in [7, 11) is 0. The number of aryl methyl sites for hydroxylation is 2. The monoisotopic (exact) mass is 381 g/mol. The summed E-state index contributed by atoms with van der Waals surface area (Å²) in [6, 6.07) is 14.1. The SMILES string of the molecule is Cc1cc(OCc2ccc(-c3nc(C)c(C(=O)O)s3)cc2)ccc1C(C)C. The number of ether oxygens (including phenoxy) is 1. The van der Waals surface area contributed by atoms with Crippen molar-refractivity contribution < 1.29 is 14.6 Å². The third-order valence-electron chi connectivity index (χ3n) is 4.46. The number of nitrogens with zero attached hydrogens (tertiary/aromatic N) is 1. The normalized spacial score (nSPS) is 11.0. The third kappa shape index (κ3) is 4.37. The van der Waals surface area contributed by atoms with Crippen LogP contribution in [0.25, 0.3) is 10.6 Å². The van der Waals surface area contributed by atoms with Gasteiger partial charge in [0.1, 0.15) is 22.2 Å².